The highest BCUT2D eigenvalue weighted by atomic mass is 33.1. The Bertz CT molecular complexity index is 1860. The summed E-state index contributed by atoms with van der Waals surface area (Å²) >= 11 is 0. The van der Waals surface area contributed by atoms with E-state index in [2.05, 4.69) is 31.4 Å². The predicted molar refractivity (Wildman–Crippen MR) is 230 cm³/mol. The van der Waals surface area contributed by atoms with Crippen molar-refractivity contribution in [3.63, 3.8) is 0 Å². The van der Waals surface area contributed by atoms with Crippen LogP contribution in [-0.2, 0) is 62.1 Å². The number of primary amides is 1. The summed E-state index contributed by atoms with van der Waals surface area (Å²) in [4.78, 5) is 144. The minimum Gasteiger partial charge on any atom is -0.447 e. The maximum Gasteiger partial charge on any atom is 0.433 e. The molecule has 11 amide bonds. The molecule has 0 aliphatic carbocycles. The van der Waals surface area contributed by atoms with Crippen molar-refractivity contribution in [3.8, 4) is 0 Å². The van der Waals surface area contributed by atoms with Gasteiger partial charge in [-0.3, -0.25) is 48.5 Å². The number of ether oxygens (including phenoxy) is 5. The van der Waals surface area contributed by atoms with Crippen molar-refractivity contribution >= 4 is 87.1 Å². The number of hydrogen-bond acceptors (Lipinski definition) is 20. The monoisotopic (exact) mass is 987 g/mol. The van der Waals surface area contributed by atoms with Crippen molar-refractivity contribution in [2.45, 2.75) is 51.1 Å². The molecule has 2 heterocycles. The Morgan fingerprint density at radius 1 is 0.701 bits per heavy atom. The number of rotatable bonds is 32. The van der Waals surface area contributed by atoms with E-state index >= 15 is 0 Å². The van der Waals surface area contributed by atoms with Crippen molar-refractivity contribution < 1.29 is 86.1 Å². The maximum atomic E-state index is 13.2. The van der Waals surface area contributed by atoms with Gasteiger partial charge < -0.3 is 55.5 Å². The molecular weight excluding hydrogens is 935 g/mol. The molecule has 0 unspecified atom stereocenters. The Kier molecular flexibility index (Phi) is 25.3. The van der Waals surface area contributed by atoms with E-state index in [1.807, 2.05) is 12.4 Å². The Morgan fingerprint density at radius 3 is 2.07 bits per heavy atom. The van der Waals surface area contributed by atoms with Gasteiger partial charge in [-0.05, 0) is 31.4 Å². The van der Waals surface area contributed by atoms with Gasteiger partial charge in [0.05, 0.1) is 37.6 Å². The van der Waals surface area contributed by atoms with Crippen LogP contribution in [0.15, 0.2) is 24.3 Å². The van der Waals surface area contributed by atoms with Crippen LogP contribution in [0, 0.1) is 0 Å². The number of fused-ring (bicyclic) bond motifs is 1. The number of amides is 11. The van der Waals surface area contributed by atoms with Crippen LogP contribution in [0.2, 0.25) is 0 Å². The molecule has 27 nitrogen and oxygen atoms in total. The average molecular weight is 988 g/mol. The number of benzene rings is 1. The molecule has 0 radical (unpaired) electrons. The standard InChI is InChI=1S/C38H53N9O18S2/c1-2-66-67-21-27(32(39)52)44-33(53)26(9-5-6-12-40-28(48)20-64-45-38(58)63-23-46-34(54)24-7-3-4-8-25(24)35(46)55)43-29(49)19-60-15-16-61-22-42-36(56)62-18-17-59-14-13-41-37(57)65-47-30(50)10-11-31(47)51/h3-4,7-8,26-27H,2,5-6,9-23H2,1H3,(H2,39,52)(H,40,48)(H,41,57)(H,42,56)(H,43,49)(H,44,53)(H,45,58)/t26-,27-/m0/s1. The molecule has 0 aromatic heterocycles. The van der Waals surface area contributed by atoms with Crippen LogP contribution in [0.5, 0.6) is 0 Å². The zero-order chi connectivity index (χ0) is 49.0. The molecule has 1 fully saturated rings. The first-order valence-electron chi connectivity index (χ1n) is 20.6. The lowest BCUT2D eigenvalue weighted by molar-refractivity contribution is -0.171. The van der Waals surface area contributed by atoms with E-state index in [9.17, 15) is 52.7 Å². The minimum atomic E-state index is -1.16. The molecule has 1 aromatic carbocycles. The van der Waals surface area contributed by atoms with Gasteiger partial charge >= 0.3 is 18.3 Å². The fourth-order valence-electron chi connectivity index (χ4n) is 5.40. The molecule has 2 aliphatic rings. The second-order valence-electron chi connectivity index (χ2n) is 13.6. The number of carbonyl (C=O) groups is 11. The predicted octanol–water partition coefficient (Wildman–Crippen LogP) is -1.44. The van der Waals surface area contributed by atoms with E-state index in [1.54, 1.807) is 12.1 Å². The van der Waals surface area contributed by atoms with E-state index in [-0.39, 0.29) is 89.0 Å². The molecule has 3 rings (SSSR count). The summed E-state index contributed by atoms with van der Waals surface area (Å²) in [6.07, 6.45) is -2.31. The van der Waals surface area contributed by atoms with Gasteiger partial charge in [-0.25, -0.2) is 19.3 Å². The smallest absolute Gasteiger partial charge is 0.433 e. The summed E-state index contributed by atoms with van der Waals surface area (Å²) in [5, 5.41) is 12.7. The fourth-order valence-corrected chi connectivity index (χ4v) is 7.25. The van der Waals surface area contributed by atoms with E-state index in [1.165, 1.54) is 33.7 Å². The third-order valence-corrected chi connectivity index (χ3v) is 11.1. The number of nitrogens with two attached hydrogens (primary N) is 1. The molecule has 0 bridgehead atoms. The second kappa shape index (κ2) is 30.8. The highest BCUT2D eigenvalue weighted by molar-refractivity contribution is 8.76. The van der Waals surface area contributed by atoms with Gasteiger partial charge in [-0.2, -0.15) is 5.48 Å². The van der Waals surface area contributed by atoms with Crippen LogP contribution in [0.3, 0.4) is 0 Å². The number of hydroxylamine groups is 3. The van der Waals surface area contributed by atoms with Crippen LogP contribution in [0.25, 0.3) is 0 Å². The van der Waals surface area contributed by atoms with Crippen molar-refractivity contribution in [1.82, 2.24) is 42.0 Å². The maximum absolute atomic E-state index is 13.2. The van der Waals surface area contributed by atoms with Gasteiger partial charge in [0.1, 0.15) is 32.0 Å². The second-order valence-corrected chi connectivity index (χ2v) is 16.4. The summed E-state index contributed by atoms with van der Waals surface area (Å²) in [7, 11) is 2.81. The third kappa shape index (κ3) is 20.8. The molecule has 1 saturated heterocycles. The first-order chi connectivity index (χ1) is 32.2. The third-order valence-electron chi connectivity index (χ3n) is 8.63. The van der Waals surface area contributed by atoms with E-state index in [0.29, 0.717) is 17.9 Å². The molecule has 29 heteroatoms. The van der Waals surface area contributed by atoms with Crippen LogP contribution in [0.4, 0.5) is 14.4 Å². The topological polar surface area (TPSA) is 357 Å². The summed E-state index contributed by atoms with van der Waals surface area (Å²) in [6, 6.07) is 3.99. The lowest BCUT2D eigenvalue weighted by atomic mass is 10.1. The molecule has 2 aliphatic heterocycles. The van der Waals surface area contributed by atoms with Crippen molar-refractivity contribution in [2.24, 2.45) is 5.73 Å². The van der Waals surface area contributed by atoms with E-state index < -0.39 is 97.6 Å². The Hall–Kier alpha value is -6.27. The van der Waals surface area contributed by atoms with Gasteiger partial charge in [0, 0.05) is 37.4 Å². The number of hydrogen-bond donors (Lipinski definition) is 7. The van der Waals surface area contributed by atoms with E-state index in [4.69, 9.17) is 34.3 Å². The fraction of sp³-hybridized carbons (Fsp3) is 0.553. The molecule has 8 N–H and O–H groups in total. The van der Waals surface area contributed by atoms with E-state index in [0.717, 1.165) is 10.7 Å². The highest BCUT2D eigenvalue weighted by Gasteiger charge is 2.36. The SMILES string of the molecule is CCSSC[C@H](NC(=O)[C@H](CCCCNC(=O)CONC(=O)OCN1C(=O)c2ccccc2C1=O)NC(=O)COCCOCNC(=O)OCCOCCNC(=O)ON1C(=O)CCC1=O)C(N)=O. The summed E-state index contributed by atoms with van der Waals surface area (Å²) in [5.41, 5.74) is 7.72. The Labute approximate surface area is 390 Å². The Balaban J connectivity index is 1.26. The zero-order valence-corrected chi connectivity index (χ0v) is 38.0. The molecule has 1 aromatic rings. The molecule has 0 spiro atoms. The first kappa shape index (κ1) is 55.1. The lowest BCUT2D eigenvalue weighted by Crippen LogP contribution is -2.54. The van der Waals surface area contributed by atoms with Gasteiger partial charge in [-0.1, -0.05) is 40.6 Å². The van der Waals surface area contributed by atoms with Gasteiger partial charge in [0.25, 0.3) is 23.6 Å². The molecule has 370 valence electrons. The van der Waals surface area contributed by atoms with Gasteiger partial charge in [-0.15, -0.1) is 5.06 Å². The number of nitrogens with zero attached hydrogens (tertiary/aromatic N) is 2. The molecule has 2 atom stereocenters. The van der Waals surface area contributed by atoms with Crippen molar-refractivity contribution in [1.29, 1.82) is 0 Å². The molecular formula is C38H53N9O18S2. The summed E-state index contributed by atoms with van der Waals surface area (Å²) in [6.45, 7) is -0.251. The van der Waals surface area contributed by atoms with Crippen LogP contribution in [-0.4, -0.2) is 172 Å². The van der Waals surface area contributed by atoms with Crippen molar-refractivity contribution in [2.75, 3.05) is 84.3 Å². The van der Waals surface area contributed by atoms with Crippen molar-refractivity contribution in [3.05, 3.63) is 35.4 Å². The van der Waals surface area contributed by atoms with Crippen LogP contribution >= 0.6 is 21.6 Å². The number of alkyl carbamates (subject to hydrolysis) is 1. The number of nitrogens with one attached hydrogen (secondary N) is 6. The van der Waals surface area contributed by atoms with Gasteiger partial charge in [0.2, 0.25) is 23.6 Å². The summed E-state index contributed by atoms with van der Waals surface area (Å²) < 4.78 is 25.5. The minimum absolute atomic E-state index is 0.00843. The molecule has 67 heavy (non-hydrogen) atoms. The largest absolute Gasteiger partial charge is 0.447 e. The molecule has 0 saturated carbocycles. The number of unbranched alkanes of at least 4 members (excludes halogenated alkanes) is 1. The number of carbonyl (C=O) groups excluding carboxylic acids is 11. The highest BCUT2D eigenvalue weighted by Crippen LogP contribution is 2.22. The van der Waals surface area contributed by atoms with Gasteiger partial charge in [0.15, 0.2) is 13.3 Å². The first-order valence-corrected chi connectivity index (χ1v) is 23.1. The Morgan fingerprint density at radius 2 is 1.39 bits per heavy atom. The van der Waals surface area contributed by atoms with Crippen LogP contribution in [0.1, 0.15) is 59.7 Å². The zero-order valence-electron chi connectivity index (χ0n) is 36.3. The quantitative estimate of drug-likeness (QED) is 0.0143. The normalized spacial score (nSPS) is 13.9. The summed E-state index contributed by atoms with van der Waals surface area (Å²) in [5.74, 6) is -4.27. The average Bonchev–Trinajstić information content (AvgIpc) is 3.74. The lowest BCUT2D eigenvalue weighted by Gasteiger charge is -2.22. The van der Waals surface area contributed by atoms with Crippen LogP contribution < -0.4 is 37.8 Å². The number of imide groups is 2.